The van der Waals surface area contributed by atoms with Crippen molar-refractivity contribution in [1.82, 2.24) is 4.90 Å². The van der Waals surface area contributed by atoms with E-state index in [0.717, 1.165) is 15.3 Å². The van der Waals surface area contributed by atoms with E-state index >= 15 is 0 Å². The summed E-state index contributed by atoms with van der Waals surface area (Å²) in [5, 5.41) is 15.4. The maximum atomic E-state index is 13.0. The quantitative estimate of drug-likeness (QED) is 0.291. The standard InChI is InChI=1S/C21H15Cl2NO3S2/c1-11-6-8-29-20(11)17-16(18(25)12-4-5-14(22)15(23)9-12)19(26)21(27)24(17)10-13-3-2-7-28-13/h2-9,17,25H,10H2,1H3/b18-16-. The molecule has 4 rings (SSSR count). The first-order valence-electron chi connectivity index (χ1n) is 8.68. The van der Waals surface area contributed by atoms with Crippen molar-refractivity contribution in [2.45, 2.75) is 19.5 Å². The van der Waals surface area contributed by atoms with Crippen molar-refractivity contribution in [2.24, 2.45) is 0 Å². The van der Waals surface area contributed by atoms with Gasteiger partial charge in [-0.3, -0.25) is 9.59 Å². The van der Waals surface area contributed by atoms with Crippen LogP contribution in [0.3, 0.4) is 0 Å². The van der Waals surface area contributed by atoms with Crippen molar-refractivity contribution in [3.63, 3.8) is 0 Å². The minimum absolute atomic E-state index is 0.0653. The number of nitrogens with zero attached hydrogens (tertiary/aromatic N) is 1. The second-order valence-electron chi connectivity index (χ2n) is 6.60. The topological polar surface area (TPSA) is 57.6 Å². The highest BCUT2D eigenvalue weighted by Gasteiger charge is 2.47. The van der Waals surface area contributed by atoms with Gasteiger partial charge in [0.1, 0.15) is 11.8 Å². The summed E-state index contributed by atoms with van der Waals surface area (Å²) in [6.45, 7) is 2.22. The number of carbonyl (C=O) groups excluding carboxylic acids is 2. The van der Waals surface area contributed by atoms with Gasteiger partial charge in [0.25, 0.3) is 11.7 Å². The molecule has 1 aliphatic heterocycles. The van der Waals surface area contributed by atoms with E-state index in [1.165, 1.54) is 33.6 Å². The minimum Gasteiger partial charge on any atom is -0.507 e. The molecule has 29 heavy (non-hydrogen) atoms. The van der Waals surface area contributed by atoms with Gasteiger partial charge in [0.15, 0.2) is 0 Å². The number of rotatable bonds is 4. The molecular formula is C21H15Cl2NO3S2. The van der Waals surface area contributed by atoms with Gasteiger partial charge in [-0.1, -0.05) is 29.3 Å². The summed E-state index contributed by atoms with van der Waals surface area (Å²) in [6.07, 6.45) is 0. The molecule has 3 aromatic rings. The zero-order valence-electron chi connectivity index (χ0n) is 15.2. The second-order valence-corrected chi connectivity index (χ2v) is 9.40. The van der Waals surface area contributed by atoms with Crippen LogP contribution < -0.4 is 0 Å². The monoisotopic (exact) mass is 463 g/mol. The van der Waals surface area contributed by atoms with E-state index < -0.39 is 17.7 Å². The van der Waals surface area contributed by atoms with Crippen molar-refractivity contribution in [3.8, 4) is 0 Å². The lowest BCUT2D eigenvalue weighted by Gasteiger charge is -2.24. The van der Waals surface area contributed by atoms with Crippen LogP contribution in [0.4, 0.5) is 0 Å². The number of amides is 1. The van der Waals surface area contributed by atoms with Crippen molar-refractivity contribution in [1.29, 1.82) is 0 Å². The third-order valence-corrected chi connectivity index (χ3v) is 7.46. The number of halogens is 2. The average molecular weight is 464 g/mol. The fraction of sp³-hybridized carbons (Fsp3) is 0.143. The van der Waals surface area contributed by atoms with Gasteiger partial charge in [0, 0.05) is 15.3 Å². The first-order chi connectivity index (χ1) is 13.9. The summed E-state index contributed by atoms with van der Waals surface area (Å²) in [5.74, 6) is -1.59. The molecule has 3 heterocycles. The summed E-state index contributed by atoms with van der Waals surface area (Å²) in [6, 6.07) is 9.71. The number of thiophene rings is 2. The van der Waals surface area contributed by atoms with Crippen LogP contribution in [0.15, 0.2) is 52.7 Å². The molecule has 1 N–H and O–H groups in total. The van der Waals surface area contributed by atoms with Crippen LogP contribution in [0.25, 0.3) is 5.76 Å². The lowest BCUT2D eigenvalue weighted by molar-refractivity contribution is -0.140. The summed E-state index contributed by atoms with van der Waals surface area (Å²) >= 11 is 15.0. The number of Topliss-reactive ketones (excluding diaryl/α,β-unsaturated/α-hetero) is 1. The molecule has 0 bridgehead atoms. The number of benzene rings is 1. The van der Waals surface area contributed by atoms with Crippen LogP contribution in [0.2, 0.25) is 10.0 Å². The third kappa shape index (κ3) is 3.62. The first kappa shape index (κ1) is 20.2. The highest BCUT2D eigenvalue weighted by Crippen LogP contribution is 2.43. The van der Waals surface area contributed by atoms with Gasteiger partial charge < -0.3 is 10.0 Å². The number of ketones is 1. The largest absolute Gasteiger partial charge is 0.507 e. The Bertz CT molecular complexity index is 1130. The van der Waals surface area contributed by atoms with E-state index in [2.05, 4.69) is 0 Å². The summed E-state index contributed by atoms with van der Waals surface area (Å²) < 4.78 is 0. The number of hydrogen-bond donors (Lipinski definition) is 1. The van der Waals surface area contributed by atoms with Gasteiger partial charge in [0.2, 0.25) is 0 Å². The van der Waals surface area contributed by atoms with Gasteiger partial charge in [-0.2, -0.15) is 0 Å². The Hall–Kier alpha value is -2.12. The normalized spacial score (nSPS) is 18.6. The number of aliphatic hydroxyl groups excluding tert-OH is 1. The van der Waals surface area contributed by atoms with Gasteiger partial charge in [-0.25, -0.2) is 0 Å². The molecule has 8 heteroatoms. The average Bonchev–Trinajstić information content (AvgIpc) is 3.41. The van der Waals surface area contributed by atoms with E-state index in [4.69, 9.17) is 23.2 Å². The Morgan fingerprint density at radius 3 is 2.52 bits per heavy atom. The molecule has 1 atom stereocenters. The summed E-state index contributed by atoms with van der Waals surface area (Å²) in [7, 11) is 0. The molecule has 4 nitrogen and oxygen atoms in total. The van der Waals surface area contributed by atoms with E-state index in [1.807, 2.05) is 35.9 Å². The predicted octanol–water partition coefficient (Wildman–Crippen LogP) is 6.05. The third-order valence-electron chi connectivity index (χ3n) is 4.79. The number of aryl methyl sites for hydroxylation is 1. The fourth-order valence-electron chi connectivity index (χ4n) is 3.35. The Morgan fingerprint density at radius 1 is 1.10 bits per heavy atom. The summed E-state index contributed by atoms with van der Waals surface area (Å²) in [4.78, 5) is 29.2. The number of likely N-dealkylation sites (tertiary alicyclic amines) is 1. The smallest absolute Gasteiger partial charge is 0.296 e. The molecule has 0 saturated carbocycles. The lowest BCUT2D eigenvalue weighted by atomic mass is 9.98. The van der Waals surface area contributed by atoms with E-state index in [-0.39, 0.29) is 16.4 Å². The number of carbonyl (C=O) groups is 2. The highest BCUT2D eigenvalue weighted by atomic mass is 35.5. The Morgan fingerprint density at radius 2 is 1.90 bits per heavy atom. The van der Waals surface area contributed by atoms with Gasteiger partial charge in [-0.15, -0.1) is 22.7 Å². The Kier molecular flexibility index (Phi) is 5.53. The van der Waals surface area contributed by atoms with Crippen molar-refractivity contribution < 1.29 is 14.7 Å². The van der Waals surface area contributed by atoms with Gasteiger partial charge in [0.05, 0.1) is 22.2 Å². The van der Waals surface area contributed by atoms with Crippen LogP contribution in [-0.2, 0) is 16.1 Å². The molecule has 1 unspecified atom stereocenters. The SMILES string of the molecule is Cc1ccsc1C1/C(=C(/O)c2ccc(Cl)c(Cl)c2)C(=O)C(=O)N1Cc1cccs1. The van der Waals surface area contributed by atoms with Crippen LogP contribution >= 0.6 is 45.9 Å². The Balaban J connectivity index is 1.88. The molecule has 0 radical (unpaired) electrons. The van der Waals surface area contributed by atoms with Crippen LogP contribution in [0.5, 0.6) is 0 Å². The zero-order valence-corrected chi connectivity index (χ0v) is 18.3. The summed E-state index contributed by atoms with van der Waals surface area (Å²) in [5.41, 5.74) is 1.36. The minimum atomic E-state index is -0.706. The molecule has 0 spiro atoms. The number of hydrogen-bond acceptors (Lipinski definition) is 5. The Labute approximate surface area is 185 Å². The molecule has 1 saturated heterocycles. The first-order valence-corrected chi connectivity index (χ1v) is 11.2. The zero-order chi connectivity index (χ0) is 20.7. The molecule has 1 fully saturated rings. The van der Waals surface area contributed by atoms with Crippen molar-refractivity contribution in [2.75, 3.05) is 0 Å². The van der Waals surface area contributed by atoms with Crippen molar-refractivity contribution in [3.05, 3.63) is 83.7 Å². The highest BCUT2D eigenvalue weighted by molar-refractivity contribution is 7.10. The van der Waals surface area contributed by atoms with Crippen LogP contribution in [-0.4, -0.2) is 21.7 Å². The molecule has 1 aromatic carbocycles. The molecule has 0 aliphatic carbocycles. The molecule has 148 valence electrons. The number of aliphatic hydroxyl groups is 1. The maximum Gasteiger partial charge on any atom is 0.296 e. The van der Waals surface area contributed by atoms with Gasteiger partial charge in [-0.05, 0) is 53.6 Å². The van der Waals surface area contributed by atoms with Crippen LogP contribution in [0.1, 0.15) is 26.9 Å². The fourth-order valence-corrected chi connectivity index (χ4v) is 5.40. The molecule has 2 aromatic heterocycles. The van der Waals surface area contributed by atoms with E-state index in [0.29, 0.717) is 17.1 Å². The second kappa shape index (κ2) is 7.95. The molecule has 1 aliphatic rings. The van der Waals surface area contributed by atoms with E-state index in [9.17, 15) is 14.7 Å². The predicted molar refractivity (Wildman–Crippen MR) is 118 cm³/mol. The van der Waals surface area contributed by atoms with Gasteiger partial charge >= 0.3 is 0 Å². The van der Waals surface area contributed by atoms with Crippen molar-refractivity contribution >= 4 is 63.3 Å². The molecular weight excluding hydrogens is 449 g/mol. The lowest BCUT2D eigenvalue weighted by Crippen LogP contribution is -2.28. The van der Waals surface area contributed by atoms with E-state index in [1.54, 1.807) is 12.1 Å². The molecule has 1 amide bonds. The van der Waals surface area contributed by atoms with Crippen LogP contribution in [0, 0.1) is 6.92 Å². The maximum absolute atomic E-state index is 13.0.